The number of nitro groups is 1. The number of hydrogen-bond acceptors (Lipinski definition) is 5. The molecule has 0 atom stereocenters. The standard InChI is InChI=1S/C8H6N4O2/c9-4-5-10-11-7-2-1-3-8(6-7)12(13)14/h1-3,5-6,11H/b10-5+. The molecule has 0 radical (unpaired) electrons. The molecular formula is C8H6N4O2. The third-order valence-corrected chi connectivity index (χ3v) is 1.37. The Bertz CT molecular complexity index is 408. The van der Waals surface area contributed by atoms with E-state index in [-0.39, 0.29) is 5.69 Å². The number of anilines is 1. The maximum Gasteiger partial charge on any atom is 0.271 e. The highest BCUT2D eigenvalue weighted by atomic mass is 16.6. The molecule has 0 saturated carbocycles. The van der Waals surface area contributed by atoms with E-state index in [1.165, 1.54) is 18.2 Å². The van der Waals surface area contributed by atoms with Crippen molar-refractivity contribution in [1.82, 2.24) is 0 Å². The predicted octanol–water partition coefficient (Wildman–Crippen LogP) is 1.52. The Hall–Kier alpha value is -2.42. The zero-order valence-electron chi connectivity index (χ0n) is 7.04. The molecule has 1 N–H and O–H groups in total. The van der Waals surface area contributed by atoms with Crippen molar-refractivity contribution in [1.29, 1.82) is 5.26 Å². The van der Waals surface area contributed by atoms with Crippen LogP contribution < -0.4 is 5.43 Å². The topological polar surface area (TPSA) is 91.3 Å². The lowest BCUT2D eigenvalue weighted by Crippen LogP contribution is -1.91. The SMILES string of the molecule is N#C/C=N/Nc1cccc([N+](=O)[O-])c1. The smallest absolute Gasteiger partial charge is 0.271 e. The van der Waals surface area contributed by atoms with Crippen LogP contribution in [-0.2, 0) is 0 Å². The van der Waals surface area contributed by atoms with Gasteiger partial charge in [0.2, 0.25) is 0 Å². The molecule has 0 spiro atoms. The molecule has 0 fully saturated rings. The average molecular weight is 190 g/mol. The van der Waals surface area contributed by atoms with Crippen LogP contribution in [0.2, 0.25) is 0 Å². The van der Waals surface area contributed by atoms with Gasteiger partial charge >= 0.3 is 0 Å². The van der Waals surface area contributed by atoms with Crippen LogP contribution in [0.4, 0.5) is 11.4 Å². The molecule has 0 bridgehead atoms. The van der Waals surface area contributed by atoms with E-state index >= 15 is 0 Å². The molecule has 0 aromatic heterocycles. The number of nitriles is 1. The van der Waals surface area contributed by atoms with E-state index in [9.17, 15) is 10.1 Å². The van der Waals surface area contributed by atoms with Crippen LogP contribution in [0.1, 0.15) is 0 Å². The second-order valence-electron chi connectivity index (χ2n) is 2.31. The Morgan fingerprint density at radius 2 is 2.43 bits per heavy atom. The molecule has 1 aromatic carbocycles. The maximum absolute atomic E-state index is 10.4. The highest BCUT2D eigenvalue weighted by Gasteiger charge is 2.04. The highest BCUT2D eigenvalue weighted by molar-refractivity contribution is 5.75. The van der Waals surface area contributed by atoms with Gasteiger partial charge in [0.25, 0.3) is 5.69 Å². The number of nitrogens with one attached hydrogen (secondary N) is 1. The molecule has 1 aromatic rings. The molecule has 0 amide bonds. The summed E-state index contributed by atoms with van der Waals surface area (Å²) in [6, 6.07) is 7.53. The molecule has 0 unspecified atom stereocenters. The Labute approximate surface area is 79.6 Å². The van der Waals surface area contributed by atoms with Crippen LogP contribution in [0.5, 0.6) is 0 Å². The Kier molecular flexibility index (Phi) is 3.15. The minimum atomic E-state index is -0.501. The molecule has 0 heterocycles. The first kappa shape index (κ1) is 9.67. The van der Waals surface area contributed by atoms with Crippen LogP contribution in [0, 0.1) is 21.4 Å². The summed E-state index contributed by atoms with van der Waals surface area (Å²) >= 11 is 0. The van der Waals surface area contributed by atoms with E-state index in [4.69, 9.17) is 5.26 Å². The zero-order valence-corrected chi connectivity index (χ0v) is 7.04. The lowest BCUT2D eigenvalue weighted by Gasteiger charge is -1.97. The summed E-state index contributed by atoms with van der Waals surface area (Å²) in [5.74, 6) is 0. The van der Waals surface area contributed by atoms with Gasteiger partial charge in [0.15, 0.2) is 0 Å². The first-order valence-corrected chi connectivity index (χ1v) is 3.65. The minimum absolute atomic E-state index is 0.0258. The Morgan fingerprint density at radius 3 is 3.07 bits per heavy atom. The van der Waals surface area contributed by atoms with Crippen molar-refractivity contribution < 1.29 is 4.92 Å². The third-order valence-electron chi connectivity index (χ3n) is 1.37. The lowest BCUT2D eigenvalue weighted by atomic mass is 10.3. The van der Waals surface area contributed by atoms with Gasteiger partial charge < -0.3 is 0 Å². The zero-order chi connectivity index (χ0) is 10.4. The van der Waals surface area contributed by atoms with Gasteiger partial charge in [-0.3, -0.25) is 15.5 Å². The van der Waals surface area contributed by atoms with Gasteiger partial charge in [-0.15, -0.1) is 0 Å². The summed E-state index contributed by atoms with van der Waals surface area (Å²) in [4.78, 5) is 9.87. The number of benzene rings is 1. The first-order chi connectivity index (χ1) is 6.74. The van der Waals surface area contributed by atoms with Crippen molar-refractivity contribution in [2.45, 2.75) is 0 Å². The minimum Gasteiger partial charge on any atom is -0.278 e. The normalized spacial score (nSPS) is 9.64. The average Bonchev–Trinajstić information content (AvgIpc) is 2.19. The van der Waals surface area contributed by atoms with Crippen LogP contribution in [0.25, 0.3) is 0 Å². The van der Waals surface area contributed by atoms with Crippen molar-refractivity contribution >= 4 is 17.6 Å². The Morgan fingerprint density at radius 1 is 1.64 bits per heavy atom. The number of nitrogens with zero attached hydrogens (tertiary/aromatic N) is 3. The fourth-order valence-corrected chi connectivity index (χ4v) is 0.825. The fourth-order valence-electron chi connectivity index (χ4n) is 0.825. The summed E-state index contributed by atoms with van der Waals surface area (Å²) in [6.45, 7) is 0. The van der Waals surface area contributed by atoms with E-state index in [2.05, 4.69) is 10.5 Å². The van der Waals surface area contributed by atoms with E-state index in [0.29, 0.717) is 5.69 Å². The molecular weight excluding hydrogens is 184 g/mol. The van der Waals surface area contributed by atoms with E-state index < -0.39 is 4.92 Å². The summed E-state index contributed by atoms with van der Waals surface area (Å²) in [5.41, 5.74) is 2.92. The van der Waals surface area contributed by atoms with Gasteiger partial charge in [-0.05, 0) is 6.07 Å². The molecule has 0 aliphatic rings. The summed E-state index contributed by atoms with van der Waals surface area (Å²) in [6.07, 6.45) is 0.999. The molecule has 70 valence electrons. The first-order valence-electron chi connectivity index (χ1n) is 3.65. The molecule has 6 heteroatoms. The molecule has 0 aliphatic carbocycles. The van der Waals surface area contributed by atoms with E-state index in [0.717, 1.165) is 6.21 Å². The van der Waals surface area contributed by atoms with Gasteiger partial charge in [0.1, 0.15) is 12.3 Å². The Balaban J connectivity index is 2.79. The predicted molar refractivity (Wildman–Crippen MR) is 50.8 cm³/mol. The van der Waals surface area contributed by atoms with Crippen LogP contribution in [0.3, 0.4) is 0 Å². The monoisotopic (exact) mass is 190 g/mol. The molecule has 0 saturated heterocycles. The number of hydrazone groups is 1. The molecule has 1 rings (SSSR count). The van der Waals surface area contributed by atoms with Crippen molar-refractivity contribution in [3.05, 3.63) is 34.4 Å². The van der Waals surface area contributed by atoms with Crippen LogP contribution in [-0.4, -0.2) is 11.1 Å². The van der Waals surface area contributed by atoms with Crippen LogP contribution in [0.15, 0.2) is 29.4 Å². The van der Waals surface area contributed by atoms with Gasteiger partial charge in [-0.1, -0.05) is 6.07 Å². The lowest BCUT2D eigenvalue weighted by molar-refractivity contribution is -0.384. The highest BCUT2D eigenvalue weighted by Crippen LogP contribution is 2.16. The number of non-ortho nitro benzene ring substituents is 1. The summed E-state index contributed by atoms with van der Waals surface area (Å²) < 4.78 is 0. The second-order valence-corrected chi connectivity index (χ2v) is 2.31. The van der Waals surface area contributed by atoms with Crippen LogP contribution >= 0.6 is 0 Å². The number of nitro benzene ring substituents is 1. The third kappa shape index (κ3) is 2.57. The second kappa shape index (κ2) is 4.57. The molecule has 6 nitrogen and oxygen atoms in total. The number of hydrogen-bond donors (Lipinski definition) is 1. The maximum atomic E-state index is 10.4. The van der Waals surface area contributed by atoms with E-state index in [1.54, 1.807) is 12.1 Å². The van der Waals surface area contributed by atoms with Gasteiger partial charge in [-0.2, -0.15) is 10.4 Å². The van der Waals surface area contributed by atoms with E-state index in [1.807, 2.05) is 0 Å². The van der Waals surface area contributed by atoms with Gasteiger partial charge in [-0.25, -0.2) is 0 Å². The number of rotatable bonds is 3. The van der Waals surface area contributed by atoms with Crippen molar-refractivity contribution in [3.8, 4) is 6.07 Å². The van der Waals surface area contributed by atoms with Crippen molar-refractivity contribution in [2.75, 3.05) is 5.43 Å². The quantitative estimate of drug-likeness (QED) is 0.444. The van der Waals surface area contributed by atoms with Crippen molar-refractivity contribution in [2.24, 2.45) is 5.10 Å². The summed E-state index contributed by atoms with van der Waals surface area (Å²) in [5, 5.41) is 22.0. The van der Waals surface area contributed by atoms with Crippen molar-refractivity contribution in [3.63, 3.8) is 0 Å². The van der Waals surface area contributed by atoms with Gasteiger partial charge in [0.05, 0.1) is 10.6 Å². The van der Waals surface area contributed by atoms with Gasteiger partial charge in [0, 0.05) is 12.1 Å². The molecule has 14 heavy (non-hydrogen) atoms. The summed E-state index contributed by atoms with van der Waals surface area (Å²) in [7, 11) is 0. The fraction of sp³-hybridized carbons (Fsp3) is 0. The largest absolute Gasteiger partial charge is 0.278 e. The molecule has 0 aliphatic heterocycles.